The van der Waals surface area contributed by atoms with Crippen LogP contribution in [0.4, 0.5) is 23.1 Å². The maximum absolute atomic E-state index is 11.8. The first-order valence-corrected chi connectivity index (χ1v) is 9.06. The van der Waals surface area contributed by atoms with Gasteiger partial charge in [0.1, 0.15) is 17.6 Å². The zero-order valence-electron chi connectivity index (χ0n) is 15.7. The van der Waals surface area contributed by atoms with Crippen LogP contribution in [0.25, 0.3) is 0 Å². The number of nitrogens with two attached hydrogens (primary N) is 3. The lowest BCUT2D eigenvalue weighted by Gasteiger charge is -2.29. The van der Waals surface area contributed by atoms with Crippen LogP contribution in [0.15, 0.2) is 35.6 Å². The number of primary amides is 1. The van der Waals surface area contributed by atoms with Gasteiger partial charge in [0.15, 0.2) is 5.69 Å². The maximum Gasteiger partial charge on any atom is 0.254 e. The SMILES string of the molecule is N=C/C=N\[NH2+]c1cccc(Nc2nc(N[C@@H]3COCC[C@@H]3N)ncc2C(N)=O)c1. The molecular weight excluding hydrogens is 374 g/mol. The molecule has 29 heavy (non-hydrogen) atoms. The van der Waals surface area contributed by atoms with E-state index in [2.05, 4.69) is 25.7 Å². The smallest absolute Gasteiger partial charge is 0.254 e. The number of benzene rings is 1. The second-order valence-electron chi connectivity index (χ2n) is 6.44. The number of rotatable bonds is 8. The molecule has 2 heterocycles. The molecule has 1 fully saturated rings. The summed E-state index contributed by atoms with van der Waals surface area (Å²) in [4.78, 5) is 20.4. The molecular formula is C18H24N9O2+. The van der Waals surface area contributed by atoms with Crippen LogP contribution in [0.1, 0.15) is 16.8 Å². The van der Waals surface area contributed by atoms with Gasteiger partial charge in [-0.25, -0.2) is 4.98 Å². The van der Waals surface area contributed by atoms with Crippen molar-refractivity contribution in [3.05, 3.63) is 36.0 Å². The number of aromatic nitrogens is 2. The monoisotopic (exact) mass is 398 g/mol. The number of nitrogens with zero attached hydrogens (tertiary/aromatic N) is 3. The van der Waals surface area contributed by atoms with Crippen molar-refractivity contribution >= 4 is 41.5 Å². The Balaban J connectivity index is 1.81. The van der Waals surface area contributed by atoms with Gasteiger partial charge in [-0.1, -0.05) is 11.2 Å². The van der Waals surface area contributed by atoms with Crippen LogP contribution >= 0.6 is 0 Å². The molecule has 1 amide bonds. The molecule has 1 aromatic heterocycles. The van der Waals surface area contributed by atoms with E-state index in [-0.39, 0.29) is 23.5 Å². The van der Waals surface area contributed by atoms with E-state index in [1.54, 1.807) is 5.43 Å². The number of hydrogen-bond acceptors (Lipinski definition) is 9. The van der Waals surface area contributed by atoms with E-state index >= 15 is 0 Å². The molecule has 1 saturated heterocycles. The van der Waals surface area contributed by atoms with E-state index in [0.717, 1.165) is 18.3 Å². The number of quaternary nitrogens is 1. The Kier molecular flexibility index (Phi) is 6.79. The van der Waals surface area contributed by atoms with Gasteiger partial charge >= 0.3 is 0 Å². The summed E-state index contributed by atoms with van der Waals surface area (Å²) in [5.74, 6) is -0.0442. The largest absolute Gasteiger partial charge is 0.379 e. The quantitative estimate of drug-likeness (QED) is 0.152. The topological polar surface area (TPSA) is 181 Å². The van der Waals surface area contributed by atoms with Crippen molar-refractivity contribution in [2.24, 2.45) is 16.6 Å². The van der Waals surface area contributed by atoms with Crippen LogP contribution in [0.5, 0.6) is 0 Å². The minimum absolute atomic E-state index is 0.0756. The van der Waals surface area contributed by atoms with Crippen molar-refractivity contribution in [2.75, 3.05) is 23.8 Å². The average molecular weight is 398 g/mol. The maximum atomic E-state index is 11.8. The van der Waals surface area contributed by atoms with Crippen molar-refractivity contribution in [1.82, 2.24) is 9.97 Å². The number of nitrogens with one attached hydrogen (secondary N) is 3. The molecule has 152 valence electrons. The highest BCUT2D eigenvalue weighted by Crippen LogP contribution is 2.21. The van der Waals surface area contributed by atoms with E-state index in [4.69, 9.17) is 21.6 Å². The first-order chi connectivity index (χ1) is 14.1. The fraction of sp³-hybridized carbons (Fsp3) is 0.278. The second-order valence-corrected chi connectivity index (χ2v) is 6.44. The summed E-state index contributed by atoms with van der Waals surface area (Å²) in [7, 11) is 0. The standard InChI is InChI=1S/C18H23N9O2/c19-5-6-23-27-12-3-1-2-11(8-12)24-17-13(16(21)28)9-22-18(26-17)25-15-10-29-7-4-14(15)20/h1-3,5-6,8-9,14-15,19,27H,4,7,10,20H2,(H2,21,28)(H2,22,24,25,26)/p+1/b19-5?,23-6-/t14-,15+/m0/s1. The zero-order chi connectivity index (χ0) is 20.6. The second kappa shape index (κ2) is 9.68. The molecule has 9 N–H and O–H groups in total. The van der Waals surface area contributed by atoms with Gasteiger partial charge in [0.05, 0.1) is 12.6 Å². The number of anilines is 3. The van der Waals surface area contributed by atoms with Crippen LogP contribution in [0.3, 0.4) is 0 Å². The normalized spacial score (nSPS) is 19.1. The summed E-state index contributed by atoms with van der Waals surface area (Å²) < 4.78 is 5.45. The summed E-state index contributed by atoms with van der Waals surface area (Å²) in [5, 5.41) is 17.2. The Morgan fingerprint density at radius 2 is 2.31 bits per heavy atom. The van der Waals surface area contributed by atoms with Gasteiger partial charge in [-0.3, -0.25) is 4.79 Å². The van der Waals surface area contributed by atoms with Crippen molar-refractivity contribution in [3.63, 3.8) is 0 Å². The van der Waals surface area contributed by atoms with Gasteiger partial charge in [-0.2, -0.15) is 10.4 Å². The molecule has 0 aliphatic carbocycles. The van der Waals surface area contributed by atoms with Gasteiger partial charge in [-0.05, 0) is 12.5 Å². The van der Waals surface area contributed by atoms with E-state index in [9.17, 15) is 4.79 Å². The summed E-state index contributed by atoms with van der Waals surface area (Å²) >= 11 is 0. The Hall–Kier alpha value is -3.41. The third kappa shape index (κ3) is 5.54. The van der Waals surface area contributed by atoms with Gasteiger partial charge in [-0.15, -0.1) is 0 Å². The number of amides is 1. The van der Waals surface area contributed by atoms with Crippen molar-refractivity contribution < 1.29 is 15.0 Å². The molecule has 0 saturated carbocycles. The molecule has 1 aliphatic heterocycles. The highest BCUT2D eigenvalue weighted by Gasteiger charge is 2.23. The van der Waals surface area contributed by atoms with Crippen LogP contribution < -0.4 is 27.5 Å². The lowest BCUT2D eigenvalue weighted by Crippen LogP contribution is -2.71. The molecule has 1 aromatic carbocycles. The molecule has 1 aliphatic rings. The van der Waals surface area contributed by atoms with Crippen LogP contribution in [0, 0.1) is 5.41 Å². The van der Waals surface area contributed by atoms with Crippen LogP contribution in [-0.4, -0.2) is 53.6 Å². The molecule has 11 heteroatoms. The number of ether oxygens (including phenoxy) is 1. The fourth-order valence-corrected chi connectivity index (χ4v) is 2.80. The lowest BCUT2D eigenvalue weighted by atomic mass is 10.1. The minimum atomic E-state index is -0.643. The third-order valence-electron chi connectivity index (χ3n) is 4.31. The first kappa shape index (κ1) is 20.3. The molecule has 0 radical (unpaired) electrons. The Bertz CT molecular complexity index is 903. The minimum Gasteiger partial charge on any atom is -0.379 e. The average Bonchev–Trinajstić information content (AvgIpc) is 2.70. The predicted molar refractivity (Wildman–Crippen MR) is 110 cm³/mol. The Morgan fingerprint density at radius 3 is 3.07 bits per heavy atom. The molecule has 0 spiro atoms. The van der Waals surface area contributed by atoms with Crippen LogP contribution in [0.2, 0.25) is 0 Å². The lowest BCUT2D eigenvalue weighted by molar-refractivity contribution is -0.576. The van der Waals surface area contributed by atoms with E-state index in [1.807, 2.05) is 24.3 Å². The molecule has 0 unspecified atom stereocenters. The van der Waals surface area contributed by atoms with Crippen molar-refractivity contribution in [3.8, 4) is 0 Å². The fourth-order valence-electron chi connectivity index (χ4n) is 2.80. The third-order valence-corrected chi connectivity index (χ3v) is 4.31. The molecule has 11 nitrogen and oxygen atoms in total. The molecule has 3 rings (SSSR count). The zero-order valence-corrected chi connectivity index (χ0v) is 15.7. The van der Waals surface area contributed by atoms with Crippen molar-refractivity contribution in [2.45, 2.75) is 18.5 Å². The van der Waals surface area contributed by atoms with E-state index in [1.165, 1.54) is 12.4 Å². The summed E-state index contributed by atoms with van der Waals surface area (Å²) in [5.41, 5.74) is 14.9. The predicted octanol–water partition coefficient (Wildman–Crippen LogP) is -0.323. The summed E-state index contributed by atoms with van der Waals surface area (Å²) in [6.07, 6.45) is 4.58. The molecule has 0 bridgehead atoms. The van der Waals surface area contributed by atoms with E-state index in [0.29, 0.717) is 24.8 Å². The van der Waals surface area contributed by atoms with E-state index < -0.39 is 5.91 Å². The highest BCUT2D eigenvalue weighted by atomic mass is 16.5. The molecule has 2 aromatic rings. The van der Waals surface area contributed by atoms with Gasteiger partial charge in [0.25, 0.3) is 5.91 Å². The Labute approximate surface area is 167 Å². The van der Waals surface area contributed by atoms with Gasteiger partial charge in [0, 0.05) is 42.9 Å². The number of carbonyl (C=O) groups is 1. The first-order valence-electron chi connectivity index (χ1n) is 9.06. The van der Waals surface area contributed by atoms with Crippen LogP contribution in [-0.2, 0) is 4.74 Å². The Morgan fingerprint density at radius 1 is 1.45 bits per heavy atom. The summed E-state index contributed by atoms with van der Waals surface area (Å²) in [6, 6.07) is 7.14. The van der Waals surface area contributed by atoms with Crippen molar-refractivity contribution in [1.29, 1.82) is 5.41 Å². The summed E-state index contributed by atoms with van der Waals surface area (Å²) in [6.45, 7) is 1.09. The number of carbonyl (C=O) groups excluding carboxylic acids is 1. The number of hydrogen-bond donors (Lipinski definition) is 6. The highest BCUT2D eigenvalue weighted by molar-refractivity contribution is 6.14. The van der Waals surface area contributed by atoms with Gasteiger partial charge in [0.2, 0.25) is 5.95 Å². The van der Waals surface area contributed by atoms with Gasteiger partial charge < -0.3 is 32.2 Å². The molecule has 2 atom stereocenters.